The van der Waals surface area contributed by atoms with E-state index in [1.54, 1.807) is 30.5 Å². The van der Waals surface area contributed by atoms with Crippen molar-refractivity contribution >= 4 is 11.8 Å². The van der Waals surface area contributed by atoms with E-state index in [9.17, 15) is 4.79 Å². The van der Waals surface area contributed by atoms with Crippen molar-refractivity contribution in [1.82, 2.24) is 0 Å². The van der Waals surface area contributed by atoms with E-state index in [1.807, 2.05) is 25.1 Å². The second-order valence-corrected chi connectivity index (χ2v) is 5.10. The zero-order chi connectivity index (χ0) is 16.5. The highest BCUT2D eigenvalue weighted by atomic mass is 16.5. The summed E-state index contributed by atoms with van der Waals surface area (Å²) in [6.45, 7) is 4.68. The largest absolute Gasteiger partial charge is 0.493 e. The van der Waals surface area contributed by atoms with Gasteiger partial charge in [-0.1, -0.05) is 23.8 Å². The minimum absolute atomic E-state index is 0.518. The summed E-state index contributed by atoms with van der Waals surface area (Å²) in [5.41, 5.74) is 2.88. The maximum atomic E-state index is 10.2. The van der Waals surface area contributed by atoms with Crippen LogP contribution >= 0.6 is 0 Å². The summed E-state index contributed by atoms with van der Waals surface area (Å²) < 4.78 is 11.2. The molecule has 0 aromatic heterocycles. The summed E-state index contributed by atoms with van der Waals surface area (Å²) in [6, 6.07) is 13.1. The summed E-state index contributed by atoms with van der Waals surface area (Å²) in [7, 11) is 0. The molecule has 0 saturated heterocycles. The second kappa shape index (κ2) is 8.57. The van der Waals surface area contributed by atoms with E-state index in [2.05, 4.69) is 18.0 Å². The Morgan fingerprint density at radius 1 is 1.17 bits per heavy atom. The third kappa shape index (κ3) is 5.46. The van der Waals surface area contributed by atoms with E-state index < -0.39 is 0 Å². The highest BCUT2D eigenvalue weighted by molar-refractivity contribution is 5.51. The molecule has 2 aromatic rings. The third-order valence-electron chi connectivity index (χ3n) is 3.17. The smallest absolute Gasteiger partial charge is 0.240 e. The Hall–Kier alpha value is -2.84. The first-order valence-corrected chi connectivity index (χ1v) is 7.38. The van der Waals surface area contributed by atoms with Crippen LogP contribution in [0, 0.1) is 13.8 Å². The Bertz CT molecular complexity index is 731. The molecule has 0 bridgehead atoms. The molecule has 2 rings (SSSR count). The van der Waals surface area contributed by atoms with E-state index in [4.69, 9.17) is 9.47 Å². The van der Waals surface area contributed by atoms with Gasteiger partial charge in [-0.15, -0.1) is 0 Å². The monoisotopic (exact) mass is 309 g/mol. The van der Waals surface area contributed by atoms with Crippen molar-refractivity contribution in [2.24, 2.45) is 4.99 Å². The van der Waals surface area contributed by atoms with E-state index in [0.29, 0.717) is 18.0 Å². The van der Waals surface area contributed by atoms with Gasteiger partial charge in [-0.2, -0.15) is 4.99 Å². The van der Waals surface area contributed by atoms with Crippen LogP contribution in [-0.4, -0.2) is 12.7 Å². The molecule has 4 heteroatoms. The second-order valence-electron chi connectivity index (χ2n) is 5.10. The number of hydrogen-bond acceptors (Lipinski definition) is 4. The third-order valence-corrected chi connectivity index (χ3v) is 3.17. The minimum atomic E-state index is 0.518. The van der Waals surface area contributed by atoms with Crippen LogP contribution in [0.4, 0.5) is 5.69 Å². The molecule has 118 valence electrons. The van der Waals surface area contributed by atoms with Gasteiger partial charge < -0.3 is 9.47 Å². The summed E-state index contributed by atoms with van der Waals surface area (Å²) >= 11 is 0. The van der Waals surface area contributed by atoms with Crippen molar-refractivity contribution in [3.8, 4) is 11.5 Å². The normalized spacial score (nSPS) is 10.3. The summed E-state index contributed by atoms with van der Waals surface area (Å²) in [5, 5.41) is 0. The average molecular weight is 309 g/mol. The fourth-order valence-corrected chi connectivity index (χ4v) is 2.07. The van der Waals surface area contributed by atoms with Gasteiger partial charge in [-0.3, -0.25) is 0 Å². The first-order valence-electron chi connectivity index (χ1n) is 7.38. The number of rotatable bonds is 7. The van der Waals surface area contributed by atoms with Gasteiger partial charge in [0.15, 0.2) is 0 Å². The van der Waals surface area contributed by atoms with Crippen LogP contribution in [0.1, 0.15) is 17.5 Å². The van der Waals surface area contributed by atoms with Gasteiger partial charge in [0.2, 0.25) is 6.08 Å². The lowest BCUT2D eigenvalue weighted by atomic mass is 10.1. The molecular weight excluding hydrogens is 290 g/mol. The zero-order valence-corrected chi connectivity index (χ0v) is 13.3. The minimum Gasteiger partial charge on any atom is -0.493 e. The van der Waals surface area contributed by atoms with Crippen molar-refractivity contribution in [2.45, 2.75) is 20.3 Å². The number of aryl methyl sites for hydroxylation is 2. The number of nitrogens with zero attached hydrogens (tertiary/aromatic N) is 1. The topological polar surface area (TPSA) is 47.9 Å². The van der Waals surface area contributed by atoms with Gasteiger partial charge in [0, 0.05) is 12.5 Å². The molecular formula is C19H19NO3. The van der Waals surface area contributed by atoms with E-state index in [0.717, 1.165) is 17.7 Å². The number of carbonyl (C=O) groups excluding carboxylic acids is 1. The first-order chi connectivity index (χ1) is 11.2. The Morgan fingerprint density at radius 2 is 2.04 bits per heavy atom. The fraction of sp³-hybridized carbons (Fsp3) is 0.211. The molecule has 0 amide bonds. The molecule has 2 aromatic carbocycles. The quantitative estimate of drug-likeness (QED) is 0.324. The number of isocyanates is 1. The SMILES string of the molecule is Cc1ccc(OCC/C=C/Oc2cccc(N=C=O)c2)c(C)c1. The van der Waals surface area contributed by atoms with Crippen molar-refractivity contribution < 1.29 is 14.3 Å². The van der Waals surface area contributed by atoms with Crippen LogP contribution in [-0.2, 0) is 4.79 Å². The Balaban J connectivity index is 1.77. The van der Waals surface area contributed by atoms with E-state index in [1.165, 1.54) is 11.6 Å². The van der Waals surface area contributed by atoms with Crippen molar-refractivity contribution in [3.63, 3.8) is 0 Å². The van der Waals surface area contributed by atoms with Crippen LogP contribution in [0.2, 0.25) is 0 Å². The lowest BCUT2D eigenvalue weighted by Gasteiger charge is -2.08. The van der Waals surface area contributed by atoms with Crippen molar-refractivity contribution in [1.29, 1.82) is 0 Å². The molecule has 0 spiro atoms. The van der Waals surface area contributed by atoms with Crippen LogP contribution in [0.25, 0.3) is 0 Å². The molecule has 0 unspecified atom stereocenters. The molecule has 0 saturated carbocycles. The number of hydrogen-bond donors (Lipinski definition) is 0. The van der Waals surface area contributed by atoms with Crippen molar-refractivity contribution in [2.75, 3.05) is 6.61 Å². The fourth-order valence-electron chi connectivity index (χ4n) is 2.07. The maximum Gasteiger partial charge on any atom is 0.240 e. The Kier molecular flexibility index (Phi) is 6.16. The number of aliphatic imine (C=N–C) groups is 1. The summed E-state index contributed by atoms with van der Waals surface area (Å²) in [4.78, 5) is 13.8. The predicted octanol–water partition coefficient (Wildman–Crippen LogP) is 4.63. The molecule has 0 radical (unpaired) electrons. The van der Waals surface area contributed by atoms with Gasteiger partial charge in [0.25, 0.3) is 0 Å². The molecule has 0 aliphatic rings. The zero-order valence-electron chi connectivity index (χ0n) is 13.3. The number of benzene rings is 2. The van der Waals surface area contributed by atoms with Gasteiger partial charge in [-0.25, -0.2) is 4.79 Å². The molecule has 0 heterocycles. The molecule has 4 nitrogen and oxygen atoms in total. The highest BCUT2D eigenvalue weighted by Gasteiger charge is 1.98. The standard InChI is InChI=1S/C19H19NO3/c1-15-8-9-19(16(2)12-15)23-11-4-3-10-22-18-7-5-6-17(13-18)20-14-21/h3,5-10,12-13H,4,11H2,1-2H3/b10-3+. The average Bonchev–Trinajstić information content (AvgIpc) is 2.53. The molecule has 23 heavy (non-hydrogen) atoms. The summed E-state index contributed by atoms with van der Waals surface area (Å²) in [5.74, 6) is 1.53. The molecule has 0 aliphatic heterocycles. The van der Waals surface area contributed by atoms with E-state index >= 15 is 0 Å². The van der Waals surface area contributed by atoms with Gasteiger partial charge in [0.05, 0.1) is 18.6 Å². The molecule has 0 aliphatic carbocycles. The van der Waals surface area contributed by atoms with Crippen LogP contribution in [0.3, 0.4) is 0 Å². The van der Waals surface area contributed by atoms with Crippen LogP contribution < -0.4 is 9.47 Å². The summed E-state index contributed by atoms with van der Waals surface area (Å²) in [6.07, 6.45) is 5.73. The van der Waals surface area contributed by atoms with Crippen molar-refractivity contribution in [3.05, 3.63) is 65.9 Å². The highest BCUT2D eigenvalue weighted by Crippen LogP contribution is 2.20. The first kappa shape index (κ1) is 16.5. The molecule has 0 N–H and O–H groups in total. The Morgan fingerprint density at radius 3 is 2.83 bits per heavy atom. The number of ether oxygens (including phenoxy) is 2. The van der Waals surface area contributed by atoms with Crippen LogP contribution in [0.5, 0.6) is 11.5 Å². The van der Waals surface area contributed by atoms with Crippen LogP contribution in [0.15, 0.2) is 59.8 Å². The van der Waals surface area contributed by atoms with Gasteiger partial charge in [-0.05, 0) is 43.7 Å². The van der Waals surface area contributed by atoms with Gasteiger partial charge >= 0.3 is 0 Å². The van der Waals surface area contributed by atoms with Gasteiger partial charge in [0.1, 0.15) is 11.5 Å². The lowest BCUT2D eigenvalue weighted by molar-refractivity contribution is 0.321. The molecule has 0 fully saturated rings. The lowest BCUT2D eigenvalue weighted by Crippen LogP contribution is -1.97. The predicted molar refractivity (Wildman–Crippen MR) is 90.0 cm³/mol. The molecule has 0 atom stereocenters. The maximum absolute atomic E-state index is 10.2. The Labute approximate surface area is 136 Å². The van der Waals surface area contributed by atoms with E-state index in [-0.39, 0.29) is 0 Å².